The Kier molecular flexibility index (Phi) is 1.54. The van der Waals surface area contributed by atoms with E-state index >= 15 is 0 Å². The van der Waals surface area contributed by atoms with Crippen LogP contribution in [-0.4, -0.2) is 42.3 Å². The lowest BCUT2D eigenvalue weighted by Gasteiger charge is -2.36. The Bertz CT molecular complexity index is 211. The predicted octanol–water partition coefficient (Wildman–Crippen LogP) is 0.348. The molecule has 1 saturated carbocycles. The molecule has 0 radical (unpaired) electrons. The van der Waals surface area contributed by atoms with Gasteiger partial charge in [-0.05, 0) is 19.9 Å². The van der Waals surface area contributed by atoms with Gasteiger partial charge >= 0.3 is 6.09 Å². The van der Waals surface area contributed by atoms with Crippen molar-refractivity contribution in [3.63, 3.8) is 0 Å². The first-order valence-corrected chi connectivity index (χ1v) is 4.31. The zero-order valence-electron chi connectivity index (χ0n) is 7.21. The van der Waals surface area contributed by atoms with Crippen LogP contribution >= 0.6 is 0 Å². The first kappa shape index (κ1) is 7.86. The number of carbonyl (C=O) groups is 1. The summed E-state index contributed by atoms with van der Waals surface area (Å²) in [5.41, 5.74) is 0.276. The molecular formula is C8H14N2O2. The van der Waals surface area contributed by atoms with Crippen molar-refractivity contribution in [2.75, 3.05) is 20.1 Å². The Morgan fingerprint density at radius 1 is 1.75 bits per heavy atom. The number of hydrogen-bond acceptors (Lipinski definition) is 2. The van der Waals surface area contributed by atoms with Gasteiger partial charge in [0.05, 0.1) is 0 Å². The lowest BCUT2D eigenvalue weighted by molar-refractivity contribution is 0.137. The van der Waals surface area contributed by atoms with Gasteiger partial charge in [-0.2, -0.15) is 0 Å². The molecule has 1 amide bonds. The van der Waals surface area contributed by atoms with E-state index in [1.54, 1.807) is 4.90 Å². The summed E-state index contributed by atoms with van der Waals surface area (Å²) in [7, 11) is 1.92. The molecule has 0 spiro atoms. The fourth-order valence-corrected chi connectivity index (χ4v) is 2.58. The maximum atomic E-state index is 10.7. The van der Waals surface area contributed by atoms with Crippen molar-refractivity contribution < 1.29 is 9.90 Å². The van der Waals surface area contributed by atoms with Crippen molar-refractivity contribution in [1.29, 1.82) is 0 Å². The molecule has 4 nitrogen and oxygen atoms in total. The number of nitrogens with one attached hydrogen (secondary N) is 1. The van der Waals surface area contributed by atoms with Crippen LogP contribution in [0.3, 0.4) is 0 Å². The molecule has 3 aliphatic rings. The number of carboxylic acid groups (broad SMARTS) is 1. The zero-order valence-corrected chi connectivity index (χ0v) is 7.21. The summed E-state index contributed by atoms with van der Waals surface area (Å²) in [5.74, 6) is 0. The average Bonchev–Trinajstić information content (AvgIpc) is 2.41. The normalized spacial score (nSPS) is 38.1. The third kappa shape index (κ3) is 0.909. The number of rotatable bonds is 2. The van der Waals surface area contributed by atoms with E-state index in [-0.39, 0.29) is 5.41 Å². The fourth-order valence-electron chi connectivity index (χ4n) is 2.58. The van der Waals surface area contributed by atoms with Crippen LogP contribution < -0.4 is 5.32 Å². The lowest BCUT2D eigenvalue weighted by Crippen LogP contribution is -2.41. The van der Waals surface area contributed by atoms with E-state index < -0.39 is 6.09 Å². The SMILES string of the molecule is CNCC12CC(C1)N(C(=O)O)C2. The van der Waals surface area contributed by atoms with E-state index in [0.29, 0.717) is 6.04 Å². The van der Waals surface area contributed by atoms with Gasteiger partial charge in [0.15, 0.2) is 0 Å². The highest BCUT2D eigenvalue weighted by molar-refractivity contribution is 5.67. The van der Waals surface area contributed by atoms with Crippen molar-refractivity contribution in [3.05, 3.63) is 0 Å². The maximum Gasteiger partial charge on any atom is 0.407 e. The van der Waals surface area contributed by atoms with Gasteiger partial charge in [0.25, 0.3) is 0 Å². The summed E-state index contributed by atoms with van der Waals surface area (Å²) in [6, 6.07) is 0.316. The molecule has 2 N–H and O–H groups in total. The van der Waals surface area contributed by atoms with Crippen LogP contribution in [0.1, 0.15) is 12.8 Å². The second-order valence-electron chi connectivity index (χ2n) is 4.00. The highest BCUT2D eigenvalue weighted by atomic mass is 16.4. The summed E-state index contributed by atoms with van der Waals surface area (Å²) in [6.45, 7) is 1.68. The first-order valence-electron chi connectivity index (χ1n) is 4.31. The molecule has 0 atom stereocenters. The first-order chi connectivity index (χ1) is 5.67. The van der Waals surface area contributed by atoms with Crippen LogP contribution in [-0.2, 0) is 0 Å². The standard InChI is InChI=1S/C8H14N2O2/c1-9-4-8-2-6(3-8)10(5-8)7(11)12/h6,9H,2-5H2,1H3,(H,11,12). The van der Waals surface area contributed by atoms with Crippen molar-refractivity contribution in [1.82, 2.24) is 10.2 Å². The molecular weight excluding hydrogens is 156 g/mol. The molecule has 0 unspecified atom stereocenters. The highest BCUT2D eigenvalue weighted by Crippen LogP contribution is 2.51. The lowest BCUT2D eigenvalue weighted by atomic mass is 9.70. The topological polar surface area (TPSA) is 52.6 Å². The van der Waals surface area contributed by atoms with Gasteiger partial charge in [0, 0.05) is 24.5 Å². The summed E-state index contributed by atoms with van der Waals surface area (Å²) in [5, 5.41) is 11.9. The van der Waals surface area contributed by atoms with Gasteiger partial charge in [-0.3, -0.25) is 0 Å². The second kappa shape index (κ2) is 2.36. The van der Waals surface area contributed by atoms with Crippen LogP contribution in [0.2, 0.25) is 0 Å². The average molecular weight is 170 g/mol. The monoisotopic (exact) mass is 170 g/mol. The van der Waals surface area contributed by atoms with Gasteiger partial charge in [-0.25, -0.2) is 4.79 Å². The molecule has 0 aromatic heterocycles. The Hall–Kier alpha value is -0.770. The number of hydrogen-bond donors (Lipinski definition) is 2. The van der Waals surface area contributed by atoms with E-state index in [0.717, 1.165) is 25.9 Å². The van der Waals surface area contributed by atoms with E-state index in [4.69, 9.17) is 5.11 Å². The van der Waals surface area contributed by atoms with E-state index in [2.05, 4.69) is 5.32 Å². The highest BCUT2D eigenvalue weighted by Gasteiger charge is 2.56. The van der Waals surface area contributed by atoms with E-state index in [1.165, 1.54) is 0 Å². The zero-order chi connectivity index (χ0) is 8.77. The molecule has 2 aliphatic heterocycles. The molecule has 2 saturated heterocycles. The minimum absolute atomic E-state index is 0.276. The molecule has 2 heterocycles. The van der Waals surface area contributed by atoms with E-state index in [1.807, 2.05) is 7.05 Å². The van der Waals surface area contributed by atoms with Crippen molar-refractivity contribution >= 4 is 6.09 Å². The third-order valence-corrected chi connectivity index (χ3v) is 3.08. The van der Waals surface area contributed by atoms with Crippen molar-refractivity contribution in [2.24, 2.45) is 5.41 Å². The smallest absolute Gasteiger partial charge is 0.407 e. The van der Waals surface area contributed by atoms with Gasteiger partial charge in [-0.15, -0.1) is 0 Å². The Balaban J connectivity index is 2.00. The van der Waals surface area contributed by atoms with Crippen LogP contribution in [0.5, 0.6) is 0 Å². The molecule has 4 heteroatoms. The van der Waals surface area contributed by atoms with Crippen LogP contribution in [0.25, 0.3) is 0 Å². The predicted molar refractivity (Wildman–Crippen MR) is 44.1 cm³/mol. The van der Waals surface area contributed by atoms with Crippen molar-refractivity contribution in [2.45, 2.75) is 18.9 Å². The molecule has 0 aromatic rings. The quantitative estimate of drug-likeness (QED) is 0.628. The fraction of sp³-hybridized carbons (Fsp3) is 0.875. The van der Waals surface area contributed by atoms with Crippen LogP contribution in [0.4, 0.5) is 4.79 Å². The number of amides is 1. The molecule has 3 fully saturated rings. The Morgan fingerprint density at radius 3 is 2.83 bits per heavy atom. The van der Waals surface area contributed by atoms with Gasteiger partial charge in [-0.1, -0.05) is 0 Å². The summed E-state index contributed by atoms with van der Waals surface area (Å²) < 4.78 is 0. The second-order valence-corrected chi connectivity index (χ2v) is 4.00. The van der Waals surface area contributed by atoms with Crippen LogP contribution in [0, 0.1) is 5.41 Å². The molecule has 12 heavy (non-hydrogen) atoms. The molecule has 0 aromatic carbocycles. The number of nitrogens with zero attached hydrogens (tertiary/aromatic N) is 1. The van der Waals surface area contributed by atoms with E-state index in [9.17, 15) is 4.79 Å². The minimum Gasteiger partial charge on any atom is -0.465 e. The van der Waals surface area contributed by atoms with Crippen LogP contribution in [0.15, 0.2) is 0 Å². The Morgan fingerprint density at radius 2 is 2.42 bits per heavy atom. The summed E-state index contributed by atoms with van der Waals surface area (Å²) in [6.07, 6.45) is 1.36. The summed E-state index contributed by atoms with van der Waals surface area (Å²) >= 11 is 0. The minimum atomic E-state index is -0.754. The molecule has 68 valence electrons. The maximum absolute atomic E-state index is 10.7. The van der Waals surface area contributed by atoms with Crippen molar-refractivity contribution in [3.8, 4) is 0 Å². The largest absolute Gasteiger partial charge is 0.465 e. The number of fused-ring (bicyclic) bond motifs is 1. The van der Waals surface area contributed by atoms with Gasteiger partial charge in [0.1, 0.15) is 0 Å². The Labute approximate surface area is 71.5 Å². The molecule has 3 rings (SSSR count). The van der Waals surface area contributed by atoms with Gasteiger partial charge < -0.3 is 15.3 Å². The molecule has 2 bridgehead atoms. The molecule has 1 aliphatic carbocycles. The third-order valence-electron chi connectivity index (χ3n) is 3.08. The van der Waals surface area contributed by atoms with Gasteiger partial charge in [0.2, 0.25) is 0 Å². The summed E-state index contributed by atoms with van der Waals surface area (Å²) in [4.78, 5) is 12.3.